The van der Waals surface area contributed by atoms with Crippen molar-refractivity contribution in [3.8, 4) is 5.69 Å². The molecule has 0 saturated heterocycles. The van der Waals surface area contributed by atoms with E-state index in [9.17, 15) is 9.59 Å². The van der Waals surface area contributed by atoms with Gasteiger partial charge < -0.3 is 4.74 Å². The first-order chi connectivity index (χ1) is 13.5. The molecule has 142 valence electrons. The molecule has 0 atom stereocenters. The number of aryl methyl sites for hydroxylation is 1. The van der Waals surface area contributed by atoms with Crippen LogP contribution < -0.4 is 0 Å². The number of hydrogen-bond acceptors (Lipinski definition) is 4. The number of aromatic nitrogens is 2. The maximum absolute atomic E-state index is 12.2. The standard InChI is InChI=1S/C22H19BrN2O3/c1-15-18(16(2)25(24-15)17-8-4-3-5-9-17)12-13-22(27)28-14-21(26)19-10-6-7-11-20(19)23/h3-13H,14H2,1-2H3/b13-12+. The van der Waals surface area contributed by atoms with E-state index >= 15 is 0 Å². The van der Waals surface area contributed by atoms with Gasteiger partial charge in [0, 0.05) is 27.4 Å². The normalized spacial score (nSPS) is 11.0. The van der Waals surface area contributed by atoms with Gasteiger partial charge in [0.1, 0.15) is 0 Å². The van der Waals surface area contributed by atoms with Crippen LogP contribution in [0.3, 0.4) is 0 Å². The number of hydrogen-bond donors (Lipinski definition) is 0. The minimum Gasteiger partial charge on any atom is -0.454 e. The van der Waals surface area contributed by atoms with Crippen molar-refractivity contribution in [1.82, 2.24) is 9.78 Å². The highest BCUT2D eigenvalue weighted by Gasteiger charge is 2.13. The fourth-order valence-corrected chi connectivity index (χ4v) is 3.32. The van der Waals surface area contributed by atoms with Crippen molar-refractivity contribution in [3.63, 3.8) is 0 Å². The van der Waals surface area contributed by atoms with Crippen LogP contribution in [0.15, 0.2) is 65.1 Å². The highest BCUT2D eigenvalue weighted by molar-refractivity contribution is 9.10. The lowest BCUT2D eigenvalue weighted by atomic mass is 10.1. The maximum atomic E-state index is 12.2. The highest BCUT2D eigenvalue weighted by atomic mass is 79.9. The van der Waals surface area contributed by atoms with Crippen LogP contribution >= 0.6 is 15.9 Å². The molecule has 0 aliphatic rings. The molecule has 5 nitrogen and oxygen atoms in total. The molecule has 1 aromatic heterocycles. The van der Waals surface area contributed by atoms with E-state index in [0.29, 0.717) is 10.0 Å². The minimum absolute atomic E-state index is 0.265. The Balaban J connectivity index is 1.67. The van der Waals surface area contributed by atoms with Gasteiger partial charge in [-0.05, 0) is 38.1 Å². The third-order valence-electron chi connectivity index (χ3n) is 4.25. The second-order valence-electron chi connectivity index (χ2n) is 6.18. The molecule has 1 heterocycles. The highest BCUT2D eigenvalue weighted by Crippen LogP contribution is 2.19. The number of Topliss-reactive ketones (excluding diaryl/α,β-unsaturated/α-hetero) is 1. The molecule has 0 spiro atoms. The molecule has 0 saturated carbocycles. The molecule has 2 aromatic carbocycles. The quantitative estimate of drug-likeness (QED) is 0.318. The number of carbonyl (C=O) groups is 2. The van der Waals surface area contributed by atoms with Crippen LogP contribution in [0.2, 0.25) is 0 Å². The third kappa shape index (κ3) is 4.46. The van der Waals surface area contributed by atoms with Gasteiger partial charge in [-0.2, -0.15) is 5.10 Å². The van der Waals surface area contributed by atoms with Crippen molar-refractivity contribution in [1.29, 1.82) is 0 Å². The van der Waals surface area contributed by atoms with Gasteiger partial charge in [0.15, 0.2) is 6.61 Å². The molecule has 0 fully saturated rings. The summed E-state index contributed by atoms with van der Waals surface area (Å²) in [4.78, 5) is 24.2. The summed E-state index contributed by atoms with van der Waals surface area (Å²) < 4.78 is 7.59. The summed E-state index contributed by atoms with van der Waals surface area (Å²) in [5.74, 6) is -0.842. The van der Waals surface area contributed by atoms with Crippen LogP contribution in [0.4, 0.5) is 0 Å². The molecule has 0 aliphatic carbocycles. The van der Waals surface area contributed by atoms with E-state index in [-0.39, 0.29) is 12.4 Å². The second-order valence-corrected chi connectivity index (χ2v) is 7.03. The smallest absolute Gasteiger partial charge is 0.331 e. The molecule has 3 rings (SSSR count). The van der Waals surface area contributed by atoms with Gasteiger partial charge in [0.2, 0.25) is 5.78 Å². The van der Waals surface area contributed by atoms with Gasteiger partial charge in [-0.25, -0.2) is 9.48 Å². The number of esters is 1. The minimum atomic E-state index is -0.577. The number of rotatable bonds is 6. The Morgan fingerprint density at radius 2 is 1.75 bits per heavy atom. The van der Waals surface area contributed by atoms with E-state index in [1.165, 1.54) is 6.08 Å². The number of para-hydroxylation sites is 1. The number of benzene rings is 2. The molecule has 3 aromatic rings. The van der Waals surface area contributed by atoms with Crippen LogP contribution in [0.25, 0.3) is 11.8 Å². The second kappa shape index (κ2) is 8.80. The van der Waals surface area contributed by atoms with Crippen molar-refractivity contribution < 1.29 is 14.3 Å². The molecule has 6 heteroatoms. The summed E-state index contributed by atoms with van der Waals surface area (Å²) in [5, 5.41) is 4.54. The lowest BCUT2D eigenvalue weighted by Crippen LogP contribution is -2.13. The molecule has 0 aliphatic heterocycles. The van der Waals surface area contributed by atoms with Crippen molar-refractivity contribution >= 4 is 33.8 Å². The molecule has 0 N–H and O–H groups in total. The Labute approximate surface area is 171 Å². The summed E-state index contributed by atoms with van der Waals surface area (Å²) in [6, 6.07) is 16.8. The van der Waals surface area contributed by atoms with Gasteiger partial charge in [0.05, 0.1) is 11.4 Å². The van der Waals surface area contributed by atoms with E-state index in [2.05, 4.69) is 21.0 Å². The molecule has 0 unspecified atom stereocenters. The van der Waals surface area contributed by atoms with Crippen LogP contribution in [0.5, 0.6) is 0 Å². The van der Waals surface area contributed by atoms with Crippen LogP contribution in [-0.2, 0) is 9.53 Å². The zero-order chi connectivity index (χ0) is 20.1. The Hall–Kier alpha value is -2.99. The van der Waals surface area contributed by atoms with Crippen LogP contribution in [0, 0.1) is 13.8 Å². The van der Waals surface area contributed by atoms with Crippen LogP contribution in [-0.4, -0.2) is 28.1 Å². The summed E-state index contributed by atoms with van der Waals surface area (Å²) >= 11 is 3.32. The Morgan fingerprint density at radius 1 is 1.07 bits per heavy atom. The van der Waals surface area contributed by atoms with E-state index in [0.717, 1.165) is 22.6 Å². The summed E-state index contributed by atoms with van der Waals surface area (Å²) in [6.45, 7) is 3.51. The zero-order valence-corrected chi connectivity index (χ0v) is 17.1. The first kappa shape index (κ1) is 19.8. The molecule has 0 bridgehead atoms. The molecular formula is C22H19BrN2O3. The zero-order valence-electron chi connectivity index (χ0n) is 15.6. The number of ether oxygens (including phenoxy) is 1. The fraction of sp³-hybridized carbons (Fsp3) is 0.136. The summed E-state index contributed by atoms with van der Waals surface area (Å²) in [5.41, 5.74) is 3.99. The lowest BCUT2D eigenvalue weighted by molar-refractivity contribution is -0.136. The Morgan fingerprint density at radius 3 is 2.46 bits per heavy atom. The monoisotopic (exact) mass is 438 g/mol. The topological polar surface area (TPSA) is 61.2 Å². The van der Waals surface area contributed by atoms with E-state index in [1.54, 1.807) is 24.3 Å². The van der Waals surface area contributed by atoms with Gasteiger partial charge in [-0.1, -0.05) is 52.3 Å². The van der Waals surface area contributed by atoms with E-state index in [1.807, 2.05) is 54.9 Å². The fourth-order valence-electron chi connectivity index (χ4n) is 2.82. The first-order valence-electron chi connectivity index (χ1n) is 8.71. The average Bonchev–Trinajstić information content (AvgIpc) is 2.99. The van der Waals surface area contributed by atoms with Crippen molar-refractivity contribution in [3.05, 3.63) is 87.7 Å². The van der Waals surface area contributed by atoms with Gasteiger partial charge in [-0.15, -0.1) is 0 Å². The maximum Gasteiger partial charge on any atom is 0.331 e. The largest absolute Gasteiger partial charge is 0.454 e. The van der Waals surface area contributed by atoms with Gasteiger partial charge in [-0.3, -0.25) is 4.79 Å². The number of halogens is 1. The molecule has 0 radical (unpaired) electrons. The third-order valence-corrected chi connectivity index (χ3v) is 4.95. The van der Waals surface area contributed by atoms with Gasteiger partial charge in [0.25, 0.3) is 0 Å². The number of ketones is 1. The Bertz CT molecular complexity index is 1040. The van der Waals surface area contributed by atoms with Crippen molar-refractivity contribution in [2.45, 2.75) is 13.8 Å². The van der Waals surface area contributed by atoms with E-state index < -0.39 is 5.97 Å². The van der Waals surface area contributed by atoms with Gasteiger partial charge >= 0.3 is 5.97 Å². The number of nitrogens with zero attached hydrogens (tertiary/aromatic N) is 2. The summed E-state index contributed by atoms with van der Waals surface area (Å²) in [7, 11) is 0. The Kier molecular flexibility index (Phi) is 6.21. The molecule has 0 amide bonds. The van der Waals surface area contributed by atoms with Crippen molar-refractivity contribution in [2.24, 2.45) is 0 Å². The molecular weight excluding hydrogens is 420 g/mol. The summed E-state index contributed by atoms with van der Waals surface area (Å²) in [6.07, 6.45) is 2.99. The molecule has 28 heavy (non-hydrogen) atoms. The lowest BCUT2D eigenvalue weighted by Gasteiger charge is -2.04. The number of carbonyl (C=O) groups excluding carboxylic acids is 2. The van der Waals surface area contributed by atoms with Crippen molar-refractivity contribution in [2.75, 3.05) is 6.61 Å². The first-order valence-corrected chi connectivity index (χ1v) is 9.51. The average molecular weight is 439 g/mol. The predicted molar refractivity (Wildman–Crippen MR) is 112 cm³/mol. The van der Waals surface area contributed by atoms with E-state index in [4.69, 9.17) is 4.74 Å². The van der Waals surface area contributed by atoms with Crippen LogP contribution in [0.1, 0.15) is 27.3 Å². The predicted octanol–water partition coefficient (Wildman–Crippen LogP) is 4.69. The SMILES string of the molecule is Cc1nn(-c2ccccc2)c(C)c1/C=C/C(=O)OCC(=O)c1ccccc1Br.